The lowest BCUT2D eigenvalue weighted by Crippen LogP contribution is -2.49. The first-order chi connectivity index (χ1) is 12.6. The largest absolute Gasteiger partial charge is 0.435 e. The third kappa shape index (κ3) is 2.93. The third-order valence-electron chi connectivity index (χ3n) is 8.04. The first kappa shape index (κ1) is 19.0. The summed E-state index contributed by atoms with van der Waals surface area (Å²) < 4.78 is 16.9. The Morgan fingerprint density at radius 1 is 1.26 bits per heavy atom. The molecule has 0 amide bonds. The van der Waals surface area contributed by atoms with Gasteiger partial charge in [0.25, 0.3) is 0 Å². The van der Waals surface area contributed by atoms with Gasteiger partial charge in [0.15, 0.2) is 0 Å². The zero-order valence-electron chi connectivity index (χ0n) is 17.1. The van der Waals surface area contributed by atoms with Crippen LogP contribution in [0.2, 0.25) is 0 Å². The fourth-order valence-corrected chi connectivity index (χ4v) is 6.38. The predicted octanol–water partition coefficient (Wildman–Crippen LogP) is 4.21. The van der Waals surface area contributed by atoms with Gasteiger partial charge >= 0.3 is 11.9 Å². The SMILES string of the molecule is CC(=O)O[C@H]1O[C@@H]2OC(=O)C[C@@H]2[C@@H]1[C@]1(C)CC[C@@H]2C(=CCCC2(C)C)[C@H]1C. The Morgan fingerprint density at radius 2 is 2.00 bits per heavy atom. The lowest BCUT2D eigenvalue weighted by molar-refractivity contribution is -0.215. The number of allylic oxidation sites excluding steroid dienone is 2. The van der Waals surface area contributed by atoms with Crippen molar-refractivity contribution in [3.8, 4) is 0 Å². The standard InChI is InChI=1S/C22H32O5/c1-12-14-7-6-9-21(3,4)16(14)8-10-22(12,5)18-15-11-17(24)26-19(15)27-20(18)25-13(2)23/h7,12,15-16,18-20H,6,8-11H2,1-5H3/t12-,15-,16-,18+,19+,20+,22-/m1/s1. The van der Waals surface area contributed by atoms with Gasteiger partial charge in [0.1, 0.15) is 0 Å². The summed E-state index contributed by atoms with van der Waals surface area (Å²) in [5.74, 6) is 0.347. The van der Waals surface area contributed by atoms with E-state index in [0.29, 0.717) is 23.7 Å². The highest BCUT2D eigenvalue weighted by molar-refractivity contribution is 5.72. The predicted molar refractivity (Wildman–Crippen MR) is 99.2 cm³/mol. The summed E-state index contributed by atoms with van der Waals surface area (Å²) in [5.41, 5.74) is 1.79. The van der Waals surface area contributed by atoms with Crippen LogP contribution in [-0.4, -0.2) is 24.5 Å². The molecule has 0 radical (unpaired) electrons. The van der Waals surface area contributed by atoms with Crippen molar-refractivity contribution >= 4 is 11.9 Å². The van der Waals surface area contributed by atoms with Crippen LogP contribution in [0.3, 0.4) is 0 Å². The molecule has 4 aliphatic rings. The van der Waals surface area contributed by atoms with E-state index in [9.17, 15) is 9.59 Å². The van der Waals surface area contributed by atoms with Crippen LogP contribution < -0.4 is 0 Å². The summed E-state index contributed by atoms with van der Waals surface area (Å²) in [5, 5.41) is 0. The van der Waals surface area contributed by atoms with Gasteiger partial charge in [-0.25, -0.2) is 0 Å². The number of carbonyl (C=O) groups is 2. The fraction of sp³-hybridized carbons (Fsp3) is 0.818. The Morgan fingerprint density at radius 3 is 2.70 bits per heavy atom. The molecular formula is C22H32O5. The van der Waals surface area contributed by atoms with Crippen molar-refractivity contribution in [2.75, 3.05) is 0 Å². The lowest BCUT2D eigenvalue weighted by Gasteiger charge is -2.54. The first-order valence-electron chi connectivity index (χ1n) is 10.4. The van der Waals surface area contributed by atoms with Gasteiger partial charge in [-0.3, -0.25) is 9.59 Å². The Balaban J connectivity index is 1.68. The molecule has 0 aromatic heterocycles. The van der Waals surface area contributed by atoms with Gasteiger partial charge < -0.3 is 14.2 Å². The molecule has 0 unspecified atom stereocenters. The lowest BCUT2D eigenvalue weighted by atomic mass is 9.50. The molecule has 4 rings (SSSR count). The van der Waals surface area contributed by atoms with E-state index >= 15 is 0 Å². The molecule has 2 saturated heterocycles. The molecule has 0 aromatic carbocycles. The Hall–Kier alpha value is -1.36. The van der Waals surface area contributed by atoms with Gasteiger partial charge in [-0.1, -0.05) is 39.3 Å². The second-order valence-corrected chi connectivity index (χ2v) is 9.92. The van der Waals surface area contributed by atoms with Crippen LogP contribution in [0.1, 0.15) is 66.7 Å². The summed E-state index contributed by atoms with van der Waals surface area (Å²) in [6.45, 7) is 10.8. The third-order valence-corrected chi connectivity index (χ3v) is 8.04. The van der Waals surface area contributed by atoms with Crippen LogP contribution in [0.5, 0.6) is 0 Å². The maximum Gasteiger partial charge on any atom is 0.308 e. The van der Waals surface area contributed by atoms with E-state index in [1.54, 1.807) is 5.57 Å². The molecule has 0 bridgehead atoms. The second-order valence-electron chi connectivity index (χ2n) is 9.92. The number of esters is 2. The van der Waals surface area contributed by atoms with Crippen molar-refractivity contribution in [2.45, 2.75) is 79.3 Å². The Labute approximate surface area is 161 Å². The summed E-state index contributed by atoms with van der Waals surface area (Å²) in [6.07, 6.45) is 6.13. The molecule has 0 N–H and O–H groups in total. The molecular weight excluding hydrogens is 344 g/mol. The van der Waals surface area contributed by atoms with Gasteiger partial charge in [-0.15, -0.1) is 0 Å². The monoisotopic (exact) mass is 376 g/mol. The fourth-order valence-electron chi connectivity index (χ4n) is 6.38. The second kappa shape index (κ2) is 6.33. The zero-order chi connectivity index (χ0) is 19.6. The smallest absolute Gasteiger partial charge is 0.308 e. The van der Waals surface area contributed by atoms with Crippen molar-refractivity contribution in [3.05, 3.63) is 11.6 Å². The summed E-state index contributed by atoms with van der Waals surface area (Å²) >= 11 is 0. The molecule has 150 valence electrons. The number of ether oxygens (including phenoxy) is 3. The normalized spacial score (nSPS) is 45.5. The van der Waals surface area contributed by atoms with E-state index in [0.717, 1.165) is 19.3 Å². The molecule has 5 heteroatoms. The van der Waals surface area contributed by atoms with Crippen LogP contribution in [0.4, 0.5) is 0 Å². The van der Waals surface area contributed by atoms with Gasteiger partial charge in [0.2, 0.25) is 12.6 Å². The van der Waals surface area contributed by atoms with E-state index in [2.05, 4.69) is 33.8 Å². The average molecular weight is 376 g/mol. The van der Waals surface area contributed by atoms with Crippen molar-refractivity contribution < 1.29 is 23.8 Å². The van der Waals surface area contributed by atoms with Gasteiger partial charge in [-0.05, 0) is 48.3 Å². The summed E-state index contributed by atoms with van der Waals surface area (Å²) in [6, 6.07) is 0. The summed E-state index contributed by atoms with van der Waals surface area (Å²) in [4.78, 5) is 23.6. The Kier molecular flexibility index (Phi) is 4.45. The van der Waals surface area contributed by atoms with Crippen molar-refractivity contribution in [1.82, 2.24) is 0 Å². The number of hydrogen-bond donors (Lipinski definition) is 0. The van der Waals surface area contributed by atoms with E-state index in [1.165, 1.54) is 13.3 Å². The molecule has 7 atom stereocenters. The molecule has 2 aliphatic heterocycles. The number of rotatable bonds is 2. The van der Waals surface area contributed by atoms with E-state index < -0.39 is 12.6 Å². The molecule has 5 nitrogen and oxygen atoms in total. The van der Waals surface area contributed by atoms with Crippen LogP contribution >= 0.6 is 0 Å². The first-order valence-corrected chi connectivity index (χ1v) is 10.4. The highest BCUT2D eigenvalue weighted by Gasteiger charge is 2.62. The number of hydrogen-bond acceptors (Lipinski definition) is 5. The summed E-state index contributed by atoms with van der Waals surface area (Å²) in [7, 11) is 0. The maximum absolute atomic E-state index is 11.9. The van der Waals surface area contributed by atoms with Crippen LogP contribution in [-0.2, 0) is 23.8 Å². The molecule has 2 heterocycles. The van der Waals surface area contributed by atoms with Gasteiger partial charge in [-0.2, -0.15) is 0 Å². The van der Waals surface area contributed by atoms with E-state index in [4.69, 9.17) is 14.2 Å². The van der Waals surface area contributed by atoms with E-state index in [-0.39, 0.29) is 29.2 Å². The van der Waals surface area contributed by atoms with Crippen LogP contribution in [0.15, 0.2) is 11.6 Å². The minimum absolute atomic E-state index is 0.0280. The molecule has 1 saturated carbocycles. The minimum atomic E-state index is -0.633. The van der Waals surface area contributed by atoms with E-state index in [1.807, 2.05) is 0 Å². The minimum Gasteiger partial charge on any atom is -0.435 e. The maximum atomic E-state index is 11.9. The van der Waals surface area contributed by atoms with Gasteiger partial charge in [0, 0.05) is 18.8 Å². The van der Waals surface area contributed by atoms with Crippen LogP contribution in [0.25, 0.3) is 0 Å². The topological polar surface area (TPSA) is 61.8 Å². The quantitative estimate of drug-likeness (QED) is 0.534. The van der Waals surface area contributed by atoms with Crippen molar-refractivity contribution in [2.24, 2.45) is 34.5 Å². The van der Waals surface area contributed by atoms with Crippen molar-refractivity contribution in [1.29, 1.82) is 0 Å². The highest BCUT2D eigenvalue weighted by atomic mass is 16.8. The molecule has 0 spiro atoms. The van der Waals surface area contributed by atoms with Crippen LogP contribution in [0, 0.1) is 34.5 Å². The zero-order valence-corrected chi connectivity index (χ0v) is 17.1. The average Bonchev–Trinajstić information content (AvgIpc) is 3.05. The molecule has 27 heavy (non-hydrogen) atoms. The van der Waals surface area contributed by atoms with Gasteiger partial charge in [0.05, 0.1) is 6.42 Å². The highest BCUT2D eigenvalue weighted by Crippen LogP contribution is 2.62. The molecule has 2 aliphatic carbocycles. The van der Waals surface area contributed by atoms with Crippen molar-refractivity contribution in [3.63, 3.8) is 0 Å². The number of fused-ring (bicyclic) bond motifs is 2. The molecule has 3 fully saturated rings. The number of carbonyl (C=O) groups excluding carboxylic acids is 2. The Bertz CT molecular complexity index is 680. The molecule has 0 aromatic rings.